The van der Waals surface area contributed by atoms with Gasteiger partial charge in [0.05, 0.1) is 53.0 Å². The van der Waals surface area contributed by atoms with Crippen LogP contribution in [0.5, 0.6) is 0 Å². The highest BCUT2D eigenvalue weighted by Crippen LogP contribution is 2.37. The second-order valence-electron chi connectivity index (χ2n) is 13.0. The SMILES string of the molecule is CC(C)(CCO)[N+](C)(C)CC(O)CO.CC(CCO)[N+](C)(C)CC(O)CO.O=S(=O)([N-]S(=O)(=O)C(F)(F)F)C(F)(F)F.O=S(=O)([N-]S(=O)(=O)C(F)(F)F)C(F)(F)F. The average molecular weight is 959 g/mol. The molecule has 0 saturated carbocycles. The minimum Gasteiger partial charge on any atom is -0.421 e. The van der Waals surface area contributed by atoms with Gasteiger partial charge in [-0.15, -0.1) is 0 Å². The van der Waals surface area contributed by atoms with Crippen molar-refractivity contribution in [2.45, 2.75) is 79.4 Å². The summed E-state index contributed by atoms with van der Waals surface area (Å²) in [6, 6.07) is 0.284. The zero-order valence-electron chi connectivity index (χ0n) is 30.8. The zero-order chi connectivity index (χ0) is 47.3. The van der Waals surface area contributed by atoms with Gasteiger partial charge >= 0.3 is 22.0 Å². The van der Waals surface area contributed by atoms with Gasteiger partial charge in [-0.2, -0.15) is 52.7 Å². The summed E-state index contributed by atoms with van der Waals surface area (Å²) in [5.41, 5.74) is -24.9. The van der Waals surface area contributed by atoms with Crippen LogP contribution in [0.25, 0.3) is 8.25 Å². The Hall–Kier alpha value is -1.44. The van der Waals surface area contributed by atoms with E-state index in [1.165, 1.54) is 0 Å². The lowest BCUT2D eigenvalue weighted by atomic mass is 9.96. The second-order valence-corrected chi connectivity index (χ2v) is 19.8. The lowest BCUT2D eigenvalue weighted by Crippen LogP contribution is -2.59. The average Bonchev–Trinajstić information content (AvgIpc) is 2.94. The zero-order valence-corrected chi connectivity index (χ0v) is 34.1. The molecular weight excluding hydrogens is 913 g/mol. The number of sulfonamides is 4. The Balaban J connectivity index is -0.000000329. The minimum atomic E-state index is -6.72. The van der Waals surface area contributed by atoms with Crippen molar-refractivity contribution in [2.75, 3.05) is 67.7 Å². The fraction of sp³-hybridized carbons (Fsp3) is 1.00. The van der Waals surface area contributed by atoms with E-state index in [9.17, 15) is 96.6 Å². The van der Waals surface area contributed by atoms with E-state index in [0.29, 0.717) is 34.9 Å². The normalized spacial score (nSPS) is 15.8. The molecule has 0 aliphatic heterocycles. The third-order valence-electron chi connectivity index (χ3n) is 7.43. The molecule has 0 heterocycles. The highest BCUT2D eigenvalue weighted by Gasteiger charge is 2.48. The van der Waals surface area contributed by atoms with Crippen LogP contribution in [0.3, 0.4) is 0 Å². The second kappa shape index (κ2) is 22.4. The topological polar surface area (TPSA) is 286 Å². The summed E-state index contributed by atoms with van der Waals surface area (Å²) in [7, 11) is -18.9. The smallest absolute Gasteiger partial charge is 0.421 e. The van der Waals surface area contributed by atoms with Crippen LogP contribution in [0.1, 0.15) is 33.6 Å². The van der Waals surface area contributed by atoms with Gasteiger partial charge in [0.15, 0.2) is 40.1 Å². The van der Waals surface area contributed by atoms with Gasteiger partial charge in [0.2, 0.25) is 0 Å². The molecule has 57 heavy (non-hydrogen) atoms. The van der Waals surface area contributed by atoms with Gasteiger partial charge in [-0.1, -0.05) is 0 Å². The Morgan fingerprint density at radius 2 is 0.789 bits per heavy atom. The molecule has 0 aromatic carbocycles. The highest BCUT2D eigenvalue weighted by atomic mass is 32.3. The molecule has 0 aromatic rings. The Morgan fingerprint density at radius 3 is 1.00 bits per heavy atom. The largest absolute Gasteiger partial charge is 0.480 e. The molecule has 0 aliphatic carbocycles. The van der Waals surface area contributed by atoms with Gasteiger partial charge in [0.1, 0.15) is 25.3 Å². The Morgan fingerprint density at radius 1 is 0.526 bits per heavy atom. The molecule has 34 heteroatoms. The molecular formula is C23H46F12N4O14S4. The molecule has 3 atom stereocenters. The first kappa shape index (κ1) is 62.2. The van der Waals surface area contributed by atoms with E-state index in [4.69, 9.17) is 20.4 Å². The molecule has 0 amide bonds. The molecule has 350 valence electrons. The van der Waals surface area contributed by atoms with E-state index in [1.54, 1.807) is 0 Å². The molecule has 0 bridgehead atoms. The molecule has 0 fully saturated rings. The monoisotopic (exact) mass is 958 g/mol. The molecule has 0 spiro atoms. The first-order chi connectivity index (χ1) is 24.6. The number of halogens is 12. The molecule has 0 aliphatic rings. The first-order valence-corrected chi connectivity index (χ1v) is 20.6. The maximum Gasteiger partial charge on any atom is 0.480 e. The Labute approximate surface area is 321 Å². The van der Waals surface area contributed by atoms with E-state index in [2.05, 4.69) is 0 Å². The fourth-order valence-corrected chi connectivity index (χ4v) is 6.57. The van der Waals surface area contributed by atoms with Crippen molar-refractivity contribution in [3.8, 4) is 0 Å². The number of nitrogens with zero attached hydrogens (tertiary/aromatic N) is 4. The number of rotatable bonds is 16. The fourth-order valence-electron chi connectivity index (χ4n) is 3.15. The van der Waals surface area contributed by atoms with Crippen molar-refractivity contribution in [3.63, 3.8) is 0 Å². The van der Waals surface area contributed by atoms with Crippen LogP contribution in [0.4, 0.5) is 52.7 Å². The van der Waals surface area contributed by atoms with Crippen LogP contribution in [0.2, 0.25) is 0 Å². The van der Waals surface area contributed by atoms with E-state index < -0.39 is 74.3 Å². The summed E-state index contributed by atoms with van der Waals surface area (Å²) in [4.78, 5) is 0. The van der Waals surface area contributed by atoms with Crippen LogP contribution >= 0.6 is 0 Å². The maximum absolute atomic E-state index is 11.4. The van der Waals surface area contributed by atoms with E-state index >= 15 is 0 Å². The van der Waals surface area contributed by atoms with Crippen molar-refractivity contribution in [1.82, 2.24) is 0 Å². The van der Waals surface area contributed by atoms with Gasteiger partial charge in [0, 0.05) is 26.1 Å². The number of hydrogen-bond acceptors (Lipinski definition) is 14. The maximum atomic E-state index is 11.4. The van der Waals surface area contributed by atoms with E-state index in [0.717, 1.165) is 8.25 Å². The molecule has 0 aromatic heterocycles. The lowest BCUT2D eigenvalue weighted by molar-refractivity contribution is -0.941. The van der Waals surface area contributed by atoms with Gasteiger partial charge < -0.3 is 47.9 Å². The third-order valence-corrected chi connectivity index (χ3v) is 12.9. The Bertz CT molecular complexity index is 1470. The van der Waals surface area contributed by atoms with Crippen molar-refractivity contribution in [2.24, 2.45) is 0 Å². The molecule has 0 saturated heterocycles. The molecule has 18 nitrogen and oxygen atoms in total. The molecule has 0 radical (unpaired) electrons. The molecule has 6 N–H and O–H groups in total. The molecule has 0 rings (SSSR count). The van der Waals surface area contributed by atoms with Crippen molar-refractivity contribution < 1.29 is 126 Å². The first-order valence-electron chi connectivity index (χ1n) is 14.8. The third kappa shape index (κ3) is 22.1. The molecule has 3 unspecified atom stereocenters. The summed E-state index contributed by atoms with van der Waals surface area (Å²) >= 11 is 0. The number of aliphatic hydroxyl groups is 6. The highest BCUT2D eigenvalue weighted by molar-refractivity contribution is 8.13. The summed E-state index contributed by atoms with van der Waals surface area (Å²) < 4.78 is 220. The predicted molar refractivity (Wildman–Crippen MR) is 174 cm³/mol. The van der Waals surface area contributed by atoms with Crippen LogP contribution in [0, 0.1) is 0 Å². The number of likely N-dealkylation sites (N-methyl/N-ethyl adjacent to an activating group) is 2. The van der Waals surface area contributed by atoms with Crippen molar-refractivity contribution in [1.29, 1.82) is 0 Å². The number of aliphatic hydroxyl groups excluding tert-OH is 6. The number of alkyl halides is 12. The van der Waals surface area contributed by atoms with Crippen LogP contribution in [-0.4, -0.2) is 187 Å². The van der Waals surface area contributed by atoms with Gasteiger partial charge in [-0.05, 0) is 20.8 Å². The Kier molecular flexibility index (Phi) is 24.5. The van der Waals surface area contributed by atoms with Crippen molar-refractivity contribution in [3.05, 3.63) is 8.25 Å². The summed E-state index contributed by atoms with van der Waals surface area (Å²) in [5, 5.41) is 53.9. The van der Waals surface area contributed by atoms with Crippen LogP contribution in [-0.2, 0) is 40.1 Å². The van der Waals surface area contributed by atoms with Gasteiger partial charge in [-0.25, -0.2) is 33.7 Å². The number of quaternary nitrogens is 2. The summed E-state index contributed by atoms with van der Waals surface area (Å²) in [5.74, 6) is 0. The van der Waals surface area contributed by atoms with Crippen LogP contribution < -0.4 is 0 Å². The van der Waals surface area contributed by atoms with E-state index in [-0.39, 0.29) is 38.0 Å². The van der Waals surface area contributed by atoms with Crippen molar-refractivity contribution >= 4 is 40.1 Å². The summed E-state index contributed by atoms with van der Waals surface area (Å²) in [6.07, 6.45) is 0.0302. The predicted octanol–water partition coefficient (Wildman–Crippen LogP) is 0.883. The van der Waals surface area contributed by atoms with Gasteiger partial charge in [0.25, 0.3) is 0 Å². The summed E-state index contributed by atoms with van der Waals surface area (Å²) in [6.45, 7) is 7.02. The van der Waals surface area contributed by atoms with Crippen LogP contribution in [0.15, 0.2) is 0 Å². The quantitative estimate of drug-likeness (QED) is 0.0926. The lowest BCUT2D eigenvalue weighted by Gasteiger charge is -2.45. The number of hydrogen-bond donors (Lipinski definition) is 6. The standard InChI is InChI=1S/C10H24NO3.C9H22NO3.2C2F6NO4S2/c1-10(2,5-6-12)11(3,4)7-9(14)8-13;1-8(4-5-11)10(2,3)6-9(13)7-12;2*3-1(4,5)14(10,11)9-15(12,13)2(6,7)8/h9,12-14H,5-8H2,1-4H3;8-9,11-13H,4-7H2,1-3H3;;/q2*+1;2*-1. The van der Waals surface area contributed by atoms with E-state index in [1.807, 2.05) is 49.0 Å². The minimum absolute atomic E-state index is 0.106. The van der Waals surface area contributed by atoms with Gasteiger partial charge in [-0.3, -0.25) is 0 Å².